The number of nitrogens with one attached hydrogen (secondary N) is 2. The summed E-state index contributed by atoms with van der Waals surface area (Å²) in [6, 6.07) is 19.1. The summed E-state index contributed by atoms with van der Waals surface area (Å²) in [6.07, 6.45) is -2.00. The molecule has 248 valence electrons. The molecule has 48 heavy (non-hydrogen) atoms. The van der Waals surface area contributed by atoms with Crippen LogP contribution in [0.5, 0.6) is 17.2 Å². The highest BCUT2D eigenvalue weighted by atomic mass is 19.4. The SMILES string of the molecule is COc1cc(F)c(F)cc1C(=O)N[C@@H]1C2CCC(/C2=C/c2cccc(Oc3ccccc3)c2)[C@@H]1C(=O)Nc1ccc(F)c(C(F)(F)F)c1. The highest BCUT2D eigenvalue weighted by Crippen LogP contribution is 2.54. The molecular weight excluding hydrogens is 638 g/mol. The Morgan fingerprint density at radius 2 is 1.52 bits per heavy atom. The van der Waals surface area contributed by atoms with Crippen LogP contribution in [0.25, 0.3) is 6.08 Å². The Morgan fingerprint density at radius 1 is 0.812 bits per heavy atom. The van der Waals surface area contributed by atoms with Gasteiger partial charge in [-0.25, -0.2) is 13.2 Å². The molecule has 0 spiro atoms. The van der Waals surface area contributed by atoms with E-state index in [4.69, 9.17) is 9.47 Å². The lowest BCUT2D eigenvalue weighted by Gasteiger charge is -2.30. The van der Waals surface area contributed by atoms with Crippen molar-refractivity contribution in [1.29, 1.82) is 0 Å². The van der Waals surface area contributed by atoms with Gasteiger partial charge in [-0.2, -0.15) is 13.2 Å². The Bertz CT molecular complexity index is 1900. The first-order chi connectivity index (χ1) is 22.9. The van der Waals surface area contributed by atoms with Crippen LogP contribution in [-0.4, -0.2) is 25.0 Å². The minimum absolute atomic E-state index is 0.229. The van der Waals surface area contributed by atoms with Crippen LogP contribution in [0.2, 0.25) is 0 Å². The van der Waals surface area contributed by atoms with E-state index in [1.165, 1.54) is 7.11 Å². The molecule has 0 aliphatic heterocycles. The van der Waals surface area contributed by atoms with E-state index < -0.39 is 58.9 Å². The largest absolute Gasteiger partial charge is 0.496 e. The lowest BCUT2D eigenvalue weighted by molar-refractivity contribution is -0.140. The maximum absolute atomic E-state index is 14.2. The number of carbonyl (C=O) groups is 2. The molecule has 12 heteroatoms. The number of halogens is 6. The maximum atomic E-state index is 14.2. The van der Waals surface area contributed by atoms with Crippen molar-refractivity contribution in [2.24, 2.45) is 17.8 Å². The van der Waals surface area contributed by atoms with Gasteiger partial charge in [-0.15, -0.1) is 0 Å². The molecule has 2 aliphatic carbocycles. The van der Waals surface area contributed by atoms with Crippen LogP contribution in [-0.2, 0) is 11.0 Å². The van der Waals surface area contributed by atoms with Crippen molar-refractivity contribution < 1.29 is 45.4 Å². The van der Waals surface area contributed by atoms with E-state index in [0.717, 1.165) is 23.3 Å². The highest BCUT2D eigenvalue weighted by molar-refractivity contribution is 5.99. The number of rotatable bonds is 8. The zero-order valence-corrected chi connectivity index (χ0v) is 25.3. The van der Waals surface area contributed by atoms with Crippen molar-refractivity contribution in [3.8, 4) is 17.2 Å². The fourth-order valence-corrected chi connectivity index (χ4v) is 6.63. The summed E-state index contributed by atoms with van der Waals surface area (Å²) in [5, 5.41) is 5.27. The van der Waals surface area contributed by atoms with Gasteiger partial charge in [0, 0.05) is 23.7 Å². The smallest absolute Gasteiger partial charge is 0.419 e. The van der Waals surface area contributed by atoms with Crippen LogP contribution in [0.3, 0.4) is 0 Å². The van der Waals surface area contributed by atoms with Crippen LogP contribution in [0, 0.1) is 35.2 Å². The molecule has 2 saturated carbocycles. The Balaban J connectivity index is 1.34. The van der Waals surface area contributed by atoms with Gasteiger partial charge in [0.25, 0.3) is 5.91 Å². The van der Waals surface area contributed by atoms with E-state index in [9.17, 15) is 35.9 Å². The second kappa shape index (κ2) is 13.1. The number of alkyl halides is 3. The molecule has 0 radical (unpaired) electrons. The number of hydrogen-bond donors (Lipinski definition) is 2. The summed E-state index contributed by atoms with van der Waals surface area (Å²) in [4.78, 5) is 27.3. The third-order valence-electron chi connectivity index (χ3n) is 8.70. The Morgan fingerprint density at radius 3 is 2.25 bits per heavy atom. The molecule has 0 aromatic heterocycles. The third kappa shape index (κ3) is 6.60. The van der Waals surface area contributed by atoms with Crippen LogP contribution in [0.1, 0.15) is 34.3 Å². The maximum Gasteiger partial charge on any atom is 0.419 e. The van der Waals surface area contributed by atoms with Gasteiger partial charge in [0.2, 0.25) is 5.91 Å². The molecule has 2 N–H and O–H groups in total. The summed E-state index contributed by atoms with van der Waals surface area (Å²) < 4.78 is 93.3. The van der Waals surface area contributed by atoms with Gasteiger partial charge in [0.1, 0.15) is 23.1 Å². The van der Waals surface area contributed by atoms with Crippen LogP contribution in [0.15, 0.2) is 90.5 Å². The fraction of sp³-hybridized carbons (Fsp3) is 0.222. The fourth-order valence-electron chi connectivity index (χ4n) is 6.63. The van der Waals surface area contributed by atoms with Crippen LogP contribution >= 0.6 is 0 Å². The van der Waals surface area contributed by atoms with Crippen molar-refractivity contribution in [1.82, 2.24) is 5.32 Å². The van der Waals surface area contributed by atoms with E-state index in [1.54, 1.807) is 24.3 Å². The van der Waals surface area contributed by atoms with Crippen LogP contribution < -0.4 is 20.1 Å². The molecule has 2 amide bonds. The second-order valence-corrected chi connectivity index (χ2v) is 11.6. The van der Waals surface area contributed by atoms with E-state index in [2.05, 4.69) is 10.6 Å². The Hall–Kier alpha value is -5.26. The summed E-state index contributed by atoms with van der Waals surface area (Å²) in [5.41, 5.74) is -0.549. The average Bonchev–Trinajstić information content (AvgIpc) is 3.57. The zero-order valence-electron chi connectivity index (χ0n) is 25.3. The Kier molecular flexibility index (Phi) is 8.91. The normalized spacial score (nSPS) is 20.9. The number of methoxy groups -OCH3 is 1. The molecule has 2 unspecified atom stereocenters. The summed E-state index contributed by atoms with van der Waals surface area (Å²) in [7, 11) is 1.19. The van der Waals surface area contributed by atoms with Crippen molar-refractivity contribution >= 4 is 23.6 Å². The molecule has 4 aromatic rings. The Labute approximate surface area is 271 Å². The summed E-state index contributed by atoms with van der Waals surface area (Å²) in [5.74, 6) is -6.36. The summed E-state index contributed by atoms with van der Waals surface area (Å²) >= 11 is 0. The predicted octanol–water partition coefficient (Wildman–Crippen LogP) is 8.40. The first-order valence-corrected chi connectivity index (χ1v) is 15.0. The van der Waals surface area contributed by atoms with Crippen molar-refractivity contribution in [2.75, 3.05) is 12.4 Å². The lowest BCUT2D eigenvalue weighted by atomic mass is 9.83. The molecule has 6 rings (SSSR count). The molecule has 6 nitrogen and oxygen atoms in total. The predicted molar refractivity (Wildman–Crippen MR) is 165 cm³/mol. The minimum atomic E-state index is -4.99. The van der Waals surface area contributed by atoms with Crippen molar-refractivity contribution in [3.05, 3.63) is 125 Å². The zero-order chi connectivity index (χ0) is 34.2. The van der Waals surface area contributed by atoms with E-state index >= 15 is 0 Å². The molecular formula is C36H28F6N2O4. The number of fused-ring (bicyclic) bond motifs is 2. The number of carbonyl (C=O) groups excluding carboxylic acids is 2. The van der Waals surface area contributed by atoms with Gasteiger partial charge in [-0.05, 0) is 72.9 Å². The van der Waals surface area contributed by atoms with E-state index in [-0.39, 0.29) is 22.9 Å². The number of amides is 2. The first kappa shape index (κ1) is 32.7. The first-order valence-electron chi connectivity index (χ1n) is 15.0. The highest BCUT2D eigenvalue weighted by Gasteiger charge is 2.54. The average molecular weight is 667 g/mol. The molecule has 2 aliphatic rings. The van der Waals surface area contributed by atoms with Gasteiger partial charge in [0.05, 0.1) is 24.2 Å². The molecule has 0 heterocycles. The molecule has 2 fully saturated rings. The molecule has 4 aromatic carbocycles. The number of benzene rings is 4. The molecule has 0 saturated heterocycles. The van der Waals surface area contributed by atoms with Gasteiger partial charge in [-0.1, -0.05) is 42.0 Å². The second-order valence-electron chi connectivity index (χ2n) is 11.6. The van der Waals surface area contributed by atoms with Gasteiger partial charge in [-0.3, -0.25) is 9.59 Å². The molecule has 4 atom stereocenters. The van der Waals surface area contributed by atoms with E-state index in [1.807, 2.05) is 36.4 Å². The summed E-state index contributed by atoms with van der Waals surface area (Å²) in [6.45, 7) is 0. The van der Waals surface area contributed by atoms with Crippen molar-refractivity contribution in [3.63, 3.8) is 0 Å². The number of hydrogen-bond acceptors (Lipinski definition) is 4. The van der Waals surface area contributed by atoms with Gasteiger partial charge < -0.3 is 20.1 Å². The lowest BCUT2D eigenvalue weighted by Crippen LogP contribution is -2.48. The third-order valence-corrected chi connectivity index (χ3v) is 8.70. The van der Waals surface area contributed by atoms with Crippen molar-refractivity contribution in [2.45, 2.75) is 25.1 Å². The molecule has 2 bridgehead atoms. The van der Waals surface area contributed by atoms with Crippen LogP contribution in [0.4, 0.5) is 32.0 Å². The monoisotopic (exact) mass is 666 g/mol. The number of para-hydroxylation sites is 1. The number of ether oxygens (including phenoxy) is 2. The van der Waals surface area contributed by atoms with Gasteiger partial charge >= 0.3 is 6.18 Å². The standard InChI is InChI=1S/C36H28F6N2O4/c1-47-31-18-30(39)29(38)17-26(31)34(45)44-33-24-12-11-23(32(33)35(46)43-20-10-13-28(37)27(16-20)36(40,41)42)25(24)15-19-6-5-9-22(14-19)48-21-7-3-2-4-8-21/h2-10,13-18,23-24,32-33H,11-12H2,1H3,(H,43,46)(H,44,45)/b25-15-/t23?,24?,32-,33+/m0/s1. The number of anilines is 1. The minimum Gasteiger partial charge on any atom is -0.496 e. The van der Waals surface area contributed by atoms with Gasteiger partial charge in [0.15, 0.2) is 11.6 Å². The quantitative estimate of drug-likeness (QED) is 0.185. The topological polar surface area (TPSA) is 76.7 Å². The van der Waals surface area contributed by atoms with E-state index in [0.29, 0.717) is 42.5 Å².